The van der Waals surface area contributed by atoms with Gasteiger partial charge >= 0.3 is 6.18 Å². The Morgan fingerprint density at radius 2 is 1.68 bits per heavy atom. The van der Waals surface area contributed by atoms with Crippen LogP contribution in [-0.4, -0.2) is 47.2 Å². The SMILES string of the molecule is O=C(c1ccc(-c2ccc(C#Cc3ccc(F)c(F)c3)nn2)cc1C(F)(F)F)N1CCNCC1. The Morgan fingerprint density at radius 3 is 2.32 bits per heavy atom. The molecule has 1 N–H and O–H groups in total. The van der Waals surface area contributed by atoms with Crippen molar-refractivity contribution in [3.8, 4) is 23.1 Å². The molecule has 0 spiro atoms. The van der Waals surface area contributed by atoms with Crippen molar-refractivity contribution >= 4 is 5.91 Å². The highest BCUT2D eigenvalue weighted by atomic mass is 19.4. The Kier molecular flexibility index (Phi) is 6.56. The predicted octanol–water partition coefficient (Wildman–Crippen LogP) is 3.89. The van der Waals surface area contributed by atoms with Crippen molar-refractivity contribution in [2.45, 2.75) is 6.18 Å². The number of benzene rings is 2. The Bertz CT molecular complexity index is 1270. The minimum Gasteiger partial charge on any atom is -0.336 e. The quantitative estimate of drug-likeness (QED) is 0.454. The van der Waals surface area contributed by atoms with E-state index in [1.54, 1.807) is 0 Å². The van der Waals surface area contributed by atoms with Crippen LogP contribution in [0.4, 0.5) is 22.0 Å². The van der Waals surface area contributed by atoms with E-state index in [0.717, 1.165) is 24.3 Å². The van der Waals surface area contributed by atoms with Gasteiger partial charge in [0.1, 0.15) is 5.69 Å². The number of piperazine rings is 1. The van der Waals surface area contributed by atoms with E-state index in [1.807, 2.05) is 0 Å². The third-order valence-electron chi connectivity index (χ3n) is 5.17. The third-order valence-corrected chi connectivity index (χ3v) is 5.17. The number of alkyl halides is 3. The summed E-state index contributed by atoms with van der Waals surface area (Å²) in [6.45, 7) is 1.70. The fourth-order valence-electron chi connectivity index (χ4n) is 3.43. The molecule has 0 unspecified atom stereocenters. The fourth-order valence-corrected chi connectivity index (χ4v) is 3.43. The Hall–Kier alpha value is -3.84. The zero-order valence-electron chi connectivity index (χ0n) is 17.6. The molecule has 0 atom stereocenters. The zero-order valence-corrected chi connectivity index (χ0v) is 17.6. The molecule has 1 amide bonds. The van der Waals surface area contributed by atoms with Crippen LogP contribution in [0.15, 0.2) is 48.5 Å². The van der Waals surface area contributed by atoms with Crippen LogP contribution < -0.4 is 5.32 Å². The van der Waals surface area contributed by atoms with E-state index in [-0.39, 0.29) is 22.5 Å². The van der Waals surface area contributed by atoms with Crippen LogP contribution in [0.25, 0.3) is 11.3 Å². The smallest absolute Gasteiger partial charge is 0.336 e. The minimum absolute atomic E-state index is 0.136. The number of aromatic nitrogens is 2. The molecule has 1 saturated heterocycles. The van der Waals surface area contributed by atoms with E-state index >= 15 is 0 Å². The molecule has 3 aromatic rings. The molecule has 0 saturated carbocycles. The lowest BCUT2D eigenvalue weighted by molar-refractivity contribution is -0.138. The second kappa shape index (κ2) is 9.57. The first-order chi connectivity index (χ1) is 16.2. The Morgan fingerprint density at radius 1 is 0.912 bits per heavy atom. The first-order valence-electron chi connectivity index (χ1n) is 10.2. The molecular weight excluding hydrogens is 455 g/mol. The summed E-state index contributed by atoms with van der Waals surface area (Å²) >= 11 is 0. The maximum atomic E-state index is 13.8. The summed E-state index contributed by atoms with van der Waals surface area (Å²) in [7, 11) is 0. The van der Waals surface area contributed by atoms with Gasteiger partial charge in [-0.2, -0.15) is 13.2 Å². The van der Waals surface area contributed by atoms with Crippen LogP contribution in [0.1, 0.15) is 27.2 Å². The van der Waals surface area contributed by atoms with Crippen molar-refractivity contribution in [2.24, 2.45) is 0 Å². The van der Waals surface area contributed by atoms with Crippen LogP contribution in [0.3, 0.4) is 0 Å². The van der Waals surface area contributed by atoms with Gasteiger partial charge in [0.15, 0.2) is 11.6 Å². The number of carbonyl (C=O) groups is 1. The van der Waals surface area contributed by atoms with Gasteiger partial charge in [-0.15, -0.1) is 10.2 Å². The van der Waals surface area contributed by atoms with E-state index in [2.05, 4.69) is 27.4 Å². The normalized spacial score (nSPS) is 13.9. The number of halogens is 5. The second-order valence-electron chi connectivity index (χ2n) is 7.48. The monoisotopic (exact) mass is 472 g/mol. The summed E-state index contributed by atoms with van der Waals surface area (Å²) in [5, 5.41) is 10.9. The molecule has 1 aromatic heterocycles. The highest BCUT2D eigenvalue weighted by molar-refractivity contribution is 5.96. The first-order valence-corrected chi connectivity index (χ1v) is 10.2. The third kappa shape index (κ3) is 5.21. The summed E-state index contributed by atoms with van der Waals surface area (Å²) in [5.41, 5.74) is -0.751. The number of nitrogens with one attached hydrogen (secondary N) is 1. The van der Waals surface area contributed by atoms with Gasteiger partial charge in [-0.25, -0.2) is 8.78 Å². The van der Waals surface area contributed by atoms with Gasteiger partial charge in [0.25, 0.3) is 5.91 Å². The summed E-state index contributed by atoms with van der Waals surface area (Å²) < 4.78 is 67.6. The largest absolute Gasteiger partial charge is 0.417 e. The van der Waals surface area contributed by atoms with Gasteiger partial charge in [0, 0.05) is 37.3 Å². The average molecular weight is 472 g/mol. The molecule has 1 aliphatic rings. The lowest BCUT2D eigenvalue weighted by Gasteiger charge is -2.28. The van der Waals surface area contributed by atoms with E-state index in [0.29, 0.717) is 26.2 Å². The standard InChI is InChI=1S/C24H17F5N4O/c25-20-7-2-15(13-21(20)26)1-4-17-5-8-22(32-31-17)16-3-6-18(19(14-16)24(27,28)29)23(34)33-11-9-30-10-12-33/h2-3,5-8,13-14,30H,9-12H2. The number of hydrogen-bond donors (Lipinski definition) is 1. The highest BCUT2D eigenvalue weighted by Gasteiger charge is 2.37. The second-order valence-corrected chi connectivity index (χ2v) is 7.48. The van der Waals surface area contributed by atoms with E-state index in [9.17, 15) is 26.7 Å². The number of carbonyl (C=O) groups excluding carboxylic acids is 1. The van der Waals surface area contributed by atoms with Crippen molar-refractivity contribution in [2.75, 3.05) is 26.2 Å². The first kappa shape index (κ1) is 23.3. The number of nitrogens with zero attached hydrogens (tertiary/aromatic N) is 3. The van der Waals surface area contributed by atoms with Crippen molar-refractivity contribution < 1.29 is 26.7 Å². The summed E-state index contributed by atoms with van der Waals surface area (Å²) in [6, 6.07) is 9.50. The average Bonchev–Trinajstić information content (AvgIpc) is 2.84. The molecule has 1 fully saturated rings. The summed E-state index contributed by atoms with van der Waals surface area (Å²) in [6.07, 6.45) is -4.74. The zero-order chi connectivity index (χ0) is 24.3. The molecule has 0 radical (unpaired) electrons. The molecule has 0 aliphatic carbocycles. The van der Waals surface area contributed by atoms with Crippen LogP contribution in [0.5, 0.6) is 0 Å². The van der Waals surface area contributed by atoms with Crippen LogP contribution in [-0.2, 0) is 6.18 Å². The Labute approximate surface area is 191 Å². The number of amides is 1. The van der Waals surface area contributed by atoms with Crippen LogP contribution >= 0.6 is 0 Å². The molecule has 34 heavy (non-hydrogen) atoms. The van der Waals surface area contributed by atoms with Crippen molar-refractivity contribution in [1.82, 2.24) is 20.4 Å². The van der Waals surface area contributed by atoms with Gasteiger partial charge in [-0.3, -0.25) is 4.79 Å². The van der Waals surface area contributed by atoms with Crippen LogP contribution in [0.2, 0.25) is 0 Å². The van der Waals surface area contributed by atoms with Gasteiger partial charge in [-0.05, 0) is 48.4 Å². The Balaban J connectivity index is 1.60. The molecule has 5 nitrogen and oxygen atoms in total. The van der Waals surface area contributed by atoms with E-state index in [4.69, 9.17) is 0 Å². The van der Waals surface area contributed by atoms with Gasteiger partial charge in [0.05, 0.1) is 16.8 Å². The van der Waals surface area contributed by atoms with Crippen molar-refractivity contribution in [1.29, 1.82) is 0 Å². The van der Waals surface area contributed by atoms with Crippen LogP contribution in [0, 0.1) is 23.5 Å². The molecule has 1 aliphatic heterocycles. The molecule has 10 heteroatoms. The predicted molar refractivity (Wildman–Crippen MR) is 114 cm³/mol. The highest BCUT2D eigenvalue weighted by Crippen LogP contribution is 2.35. The van der Waals surface area contributed by atoms with Crippen molar-refractivity contribution in [3.63, 3.8) is 0 Å². The lowest BCUT2D eigenvalue weighted by Crippen LogP contribution is -2.46. The summed E-state index contributed by atoms with van der Waals surface area (Å²) in [5.74, 6) is 2.55. The van der Waals surface area contributed by atoms with Gasteiger partial charge < -0.3 is 10.2 Å². The molecule has 0 bridgehead atoms. The number of hydrogen-bond acceptors (Lipinski definition) is 4. The minimum atomic E-state index is -4.74. The molecule has 2 aromatic carbocycles. The number of rotatable bonds is 2. The van der Waals surface area contributed by atoms with E-state index < -0.39 is 34.8 Å². The van der Waals surface area contributed by atoms with Crippen molar-refractivity contribution in [3.05, 3.63) is 82.5 Å². The maximum Gasteiger partial charge on any atom is 0.417 e. The molecule has 174 valence electrons. The fraction of sp³-hybridized carbons (Fsp3) is 0.208. The van der Waals surface area contributed by atoms with Gasteiger partial charge in [-0.1, -0.05) is 12.0 Å². The molecule has 4 rings (SSSR count). The van der Waals surface area contributed by atoms with E-state index in [1.165, 1.54) is 29.2 Å². The molecular formula is C24H17F5N4O. The topological polar surface area (TPSA) is 58.1 Å². The molecule has 2 heterocycles. The maximum absolute atomic E-state index is 13.8. The van der Waals surface area contributed by atoms with Gasteiger partial charge in [0.2, 0.25) is 0 Å². The summed E-state index contributed by atoms with van der Waals surface area (Å²) in [4.78, 5) is 14.1. The lowest BCUT2D eigenvalue weighted by atomic mass is 10.00.